The lowest BCUT2D eigenvalue weighted by Crippen LogP contribution is -2.26. The number of benzene rings is 1. The van der Waals surface area contributed by atoms with Crippen molar-refractivity contribution in [1.29, 1.82) is 0 Å². The van der Waals surface area contributed by atoms with Crippen molar-refractivity contribution < 1.29 is 9.53 Å². The molecule has 0 atom stereocenters. The zero-order chi connectivity index (χ0) is 19.8. The molecule has 0 saturated carbocycles. The van der Waals surface area contributed by atoms with E-state index in [-0.39, 0.29) is 5.91 Å². The molecule has 3 N–H and O–H groups in total. The van der Waals surface area contributed by atoms with Crippen molar-refractivity contribution in [1.82, 2.24) is 20.2 Å². The number of carbonyl (C=O) groups is 1. The highest BCUT2D eigenvalue weighted by molar-refractivity contribution is 7.17. The van der Waals surface area contributed by atoms with Gasteiger partial charge in [0.1, 0.15) is 10.7 Å². The summed E-state index contributed by atoms with van der Waals surface area (Å²) in [6.45, 7) is 3.37. The van der Waals surface area contributed by atoms with Crippen LogP contribution in [0.1, 0.15) is 26.8 Å². The molecule has 0 bridgehead atoms. The number of H-pyrrole nitrogens is 1. The number of carbonyl (C=O) groups excluding carboxylic acids is 1. The average Bonchev–Trinajstić information content (AvgIpc) is 3.32. The predicted molar refractivity (Wildman–Crippen MR) is 112 cm³/mol. The van der Waals surface area contributed by atoms with Gasteiger partial charge in [0.2, 0.25) is 0 Å². The molecule has 9 heteroatoms. The Labute approximate surface area is 170 Å². The first-order chi connectivity index (χ1) is 14.2. The van der Waals surface area contributed by atoms with Crippen LogP contribution in [0.15, 0.2) is 42.7 Å². The maximum absolute atomic E-state index is 12.8. The van der Waals surface area contributed by atoms with Crippen molar-refractivity contribution >= 4 is 44.8 Å². The first-order valence-corrected chi connectivity index (χ1v) is 10.0. The number of fused-ring (bicyclic) bond motifs is 1. The summed E-state index contributed by atoms with van der Waals surface area (Å²) in [5, 5.41) is 14.6. The Hall–Kier alpha value is -3.30. The smallest absolute Gasteiger partial charge is 0.267 e. The second-order valence-electron chi connectivity index (χ2n) is 6.88. The molecule has 4 heterocycles. The summed E-state index contributed by atoms with van der Waals surface area (Å²) in [7, 11) is 0. The van der Waals surface area contributed by atoms with Gasteiger partial charge in [-0.15, -0.1) is 0 Å². The molecule has 1 saturated heterocycles. The lowest BCUT2D eigenvalue weighted by Gasteiger charge is -2.25. The SMILES string of the molecule is Cc1ccc2[nH]ncc2c1NC(=O)c1cnc(Nc2cccc(C3COC3)n2)s1. The molecule has 3 aromatic heterocycles. The van der Waals surface area contributed by atoms with Gasteiger partial charge in [-0.25, -0.2) is 9.97 Å². The number of amides is 1. The van der Waals surface area contributed by atoms with Crippen molar-refractivity contribution in [2.24, 2.45) is 0 Å². The lowest BCUT2D eigenvalue weighted by molar-refractivity contribution is 0.00677. The third-order valence-corrected chi connectivity index (χ3v) is 5.77. The molecule has 1 aliphatic rings. The summed E-state index contributed by atoms with van der Waals surface area (Å²) >= 11 is 1.28. The maximum Gasteiger partial charge on any atom is 0.267 e. The topological polar surface area (TPSA) is 105 Å². The van der Waals surface area contributed by atoms with Crippen molar-refractivity contribution in [2.75, 3.05) is 23.8 Å². The fourth-order valence-corrected chi connectivity index (χ4v) is 3.89. The number of aryl methyl sites for hydroxylation is 1. The van der Waals surface area contributed by atoms with Gasteiger partial charge < -0.3 is 15.4 Å². The van der Waals surface area contributed by atoms with Crippen molar-refractivity contribution in [2.45, 2.75) is 12.8 Å². The van der Waals surface area contributed by atoms with E-state index < -0.39 is 0 Å². The highest BCUT2D eigenvalue weighted by Gasteiger charge is 2.22. The van der Waals surface area contributed by atoms with Gasteiger partial charge in [-0.3, -0.25) is 9.89 Å². The van der Waals surface area contributed by atoms with Crippen molar-refractivity contribution in [3.05, 3.63) is 58.9 Å². The number of nitrogens with zero attached hydrogens (tertiary/aromatic N) is 3. The minimum Gasteiger partial charge on any atom is -0.380 e. The normalized spacial score (nSPS) is 14.0. The van der Waals surface area contributed by atoms with Gasteiger partial charge in [0.05, 0.1) is 42.5 Å². The van der Waals surface area contributed by atoms with E-state index in [1.165, 1.54) is 11.3 Å². The summed E-state index contributed by atoms with van der Waals surface area (Å²) in [4.78, 5) is 22.2. The van der Waals surface area contributed by atoms with Crippen LogP contribution >= 0.6 is 11.3 Å². The first-order valence-electron chi connectivity index (χ1n) is 9.19. The molecule has 0 spiro atoms. The maximum atomic E-state index is 12.8. The monoisotopic (exact) mass is 406 g/mol. The van der Waals surface area contributed by atoms with E-state index in [0.717, 1.165) is 27.8 Å². The van der Waals surface area contributed by atoms with E-state index in [4.69, 9.17) is 4.74 Å². The Balaban J connectivity index is 1.32. The number of nitrogens with one attached hydrogen (secondary N) is 3. The third kappa shape index (κ3) is 3.45. The van der Waals surface area contributed by atoms with Gasteiger partial charge in [0.25, 0.3) is 5.91 Å². The molecule has 8 nitrogen and oxygen atoms in total. The number of hydrogen-bond donors (Lipinski definition) is 3. The van der Waals surface area contributed by atoms with Gasteiger partial charge in [-0.05, 0) is 30.7 Å². The number of thiazole rings is 1. The second-order valence-corrected chi connectivity index (χ2v) is 7.91. The molecule has 29 heavy (non-hydrogen) atoms. The third-order valence-electron chi connectivity index (χ3n) is 4.86. The van der Waals surface area contributed by atoms with E-state index in [1.807, 2.05) is 37.3 Å². The molecule has 146 valence electrons. The Bertz CT molecular complexity index is 1200. The highest BCUT2D eigenvalue weighted by atomic mass is 32.1. The summed E-state index contributed by atoms with van der Waals surface area (Å²) in [5.74, 6) is 0.846. The van der Waals surface area contributed by atoms with Gasteiger partial charge >= 0.3 is 0 Å². The molecule has 0 radical (unpaired) electrons. The van der Waals surface area contributed by atoms with E-state index in [2.05, 4.69) is 30.8 Å². The summed E-state index contributed by atoms with van der Waals surface area (Å²) < 4.78 is 5.23. The van der Waals surface area contributed by atoms with Crippen LogP contribution in [0.2, 0.25) is 0 Å². The highest BCUT2D eigenvalue weighted by Crippen LogP contribution is 2.29. The average molecular weight is 406 g/mol. The molecule has 1 amide bonds. The predicted octanol–water partition coefficient (Wildman–Crippen LogP) is 3.83. The zero-order valence-corrected chi connectivity index (χ0v) is 16.4. The van der Waals surface area contributed by atoms with Crippen LogP contribution in [0.5, 0.6) is 0 Å². The van der Waals surface area contributed by atoms with Crippen LogP contribution in [-0.2, 0) is 4.74 Å². The number of aromatic amines is 1. The first kappa shape index (κ1) is 17.8. The number of rotatable bonds is 5. The largest absolute Gasteiger partial charge is 0.380 e. The fourth-order valence-electron chi connectivity index (χ4n) is 3.17. The standard InChI is InChI=1S/C20H18N6O2S/c1-11-5-6-15-13(7-22-26-15)18(11)25-19(27)16-8-21-20(29-16)24-17-4-2-3-14(23-17)12-9-28-10-12/h2-8,12H,9-10H2,1H3,(H,22,26)(H,25,27)(H,21,23,24). The second kappa shape index (κ2) is 7.26. The van der Waals surface area contributed by atoms with E-state index in [0.29, 0.717) is 35.0 Å². The molecule has 1 aromatic carbocycles. The van der Waals surface area contributed by atoms with Crippen LogP contribution in [-0.4, -0.2) is 39.3 Å². The van der Waals surface area contributed by atoms with Gasteiger partial charge in [0.15, 0.2) is 5.13 Å². The number of anilines is 3. The Morgan fingerprint density at radius 1 is 1.24 bits per heavy atom. The summed E-state index contributed by atoms with van der Waals surface area (Å²) in [6.07, 6.45) is 3.28. The van der Waals surface area contributed by atoms with E-state index >= 15 is 0 Å². The number of ether oxygens (including phenoxy) is 1. The molecule has 1 aliphatic heterocycles. The van der Waals surface area contributed by atoms with Gasteiger partial charge in [-0.2, -0.15) is 5.10 Å². The van der Waals surface area contributed by atoms with Crippen LogP contribution in [0.25, 0.3) is 10.9 Å². The lowest BCUT2D eigenvalue weighted by atomic mass is 10.0. The minimum atomic E-state index is -0.208. The van der Waals surface area contributed by atoms with Gasteiger partial charge in [-0.1, -0.05) is 23.5 Å². The van der Waals surface area contributed by atoms with E-state index in [1.54, 1.807) is 12.4 Å². The van der Waals surface area contributed by atoms with E-state index in [9.17, 15) is 4.79 Å². The molecular formula is C20H18N6O2S. The van der Waals surface area contributed by atoms with Crippen LogP contribution in [0.4, 0.5) is 16.6 Å². The van der Waals surface area contributed by atoms with Crippen molar-refractivity contribution in [3.8, 4) is 0 Å². The molecule has 5 rings (SSSR count). The number of aromatic nitrogens is 4. The Morgan fingerprint density at radius 2 is 2.14 bits per heavy atom. The number of pyridine rings is 1. The zero-order valence-electron chi connectivity index (χ0n) is 15.6. The Kier molecular flexibility index (Phi) is 4.45. The fraction of sp³-hybridized carbons (Fsp3) is 0.200. The molecule has 0 unspecified atom stereocenters. The summed E-state index contributed by atoms with van der Waals surface area (Å²) in [6, 6.07) is 9.73. The Morgan fingerprint density at radius 3 is 2.97 bits per heavy atom. The van der Waals surface area contributed by atoms with Crippen LogP contribution in [0, 0.1) is 6.92 Å². The summed E-state index contributed by atoms with van der Waals surface area (Å²) in [5.41, 5.74) is 3.59. The van der Waals surface area contributed by atoms with Gasteiger partial charge in [0, 0.05) is 11.3 Å². The molecular weight excluding hydrogens is 388 g/mol. The van der Waals surface area contributed by atoms with Crippen LogP contribution < -0.4 is 10.6 Å². The van der Waals surface area contributed by atoms with Crippen molar-refractivity contribution in [3.63, 3.8) is 0 Å². The molecule has 1 fully saturated rings. The minimum absolute atomic E-state index is 0.208. The molecule has 4 aromatic rings. The number of hydrogen-bond acceptors (Lipinski definition) is 7. The molecule has 0 aliphatic carbocycles. The quantitative estimate of drug-likeness (QED) is 0.465. The van der Waals surface area contributed by atoms with Crippen LogP contribution in [0.3, 0.4) is 0 Å².